The molecule has 3 amide bonds. The fourth-order valence-corrected chi connectivity index (χ4v) is 5.45. The molecule has 2 aliphatic rings. The zero-order valence-electron chi connectivity index (χ0n) is 24.7. The maximum absolute atomic E-state index is 13.4. The van der Waals surface area contributed by atoms with Crippen LogP contribution in [0.2, 0.25) is 0 Å². The lowest BCUT2D eigenvalue weighted by Crippen LogP contribution is -2.44. The van der Waals surface area contributed by atoms with Crippen LogP contribution in [0.15, 0.2) is 96.0 Å². The van der Waals surface area contributed by atoms with Crippen LogP contribution in [0.1, 0.15) is 33.0 Å². The van der Waals surface area contributed by atoms with Crippen molar-refractivity contribution >= 4 is 52.4 Å². The molecule has 3 N–H and O–H groups in total. The highest BCUT2D eigenvalue weighted by Crippen LogP contribution is 2.33. The van der Waals surface area contributed by atoms with Gasteiger partial charge in [0.2, 0.25) is 5.91 Å². The summed E-state index contributed by atoms with van der Waals surface area (Å²) in [5, 5.41) is 8.51. The van der Waals surface area contributed by atoms with Crippen LogP contribution < -0.4 is 20.9 Å². The van der Waals surface area contributed by atoms with Gasteiger partial charge in [0.15, 0.2) is 5.78 Å². The quantitative estimate of drug-likeness (QED) is 0.180. The number of anilines is 4. The van der Waals surface area contributed by atoms with Crippen molar-refractivity contribution in [3.8, 4) is 0 Å². The van der Waals surface area contributed by atoms with Gasteiger partial charge in [-0.2, -0.15) is 0 Å². The van der Waals surface area contributed by atoms with E-state index < -0.39 is 11.9 Å². The normalized spacial score (nSPS) is 16.5. The van der Waals surface area contributed by atoms with Crippen molar-refractivity contribution in [1.29, 1.82) is 0 Å². The van der Waals surface area contributed by atoms with E-state index in [4.69, 9.17) is 0 Å². The van der Waals surface area contributed by atoms with Crippen LogP contribution in [-0.2, 0) is 4.79 Å². The summed E-state index contributed by atoms with van der Waals surface area (Å²) in [4.78, 5) is 48.0. The molecule has 1 saturated heterocycles. The lowest BCUT2D eigenvalue weighted by atomic mass is 9.97. The Morgan fingerprint density at radius 1 is 0.864 bits per heavy atom. The lowest BCUT2D eigenvalue weighted by molar-refractivity contribution is -0.115. The van der Waals surface area contributed by atoms with E-state index in [-0.39, 0.29) is 11.7 Å². The van der Waals surface area contributed by atoms with Crippen molar-refractivity contribution < 1.29 is 14.4 Å². The van der Waals surface area contributed by atoms with E-state index in [1.54, 1.807) is 48.7 Å². The molecule has 222 valence electrons. The Labute approximate surface area is 256 Å². The summed E-state index contributed by atoms with van der Waals surface area (Å²) in [6.07, 6.45) is 1.66. The topological polar surface area (TPSA) is 106 Å². The maximum Gasteiger partial charge on any atom is 0.323 e. The second kappa shape index (κ2) is 12.5. The first-order chi connectivity index (χ1) is 21.3. The molecule has 1 fully saturated rings. The summed E-state index contributed by atoms with van der Waals surface area (Å²) in [6.45, 7) is 5.99. The lowest BCUT2D eigenvalue weighted by Gasteiger charge is -2.34. The fraction of sp³-hybridized carbons (Fsp3) is 0.200. The van der Waals surface area contributed by atoms with Crippen molar-refractivity contribution in [1.82, 2.24) is 4.90 Å². The number of hydrogen-bond donors (Lipinski definition) is 3. The van der Waals surface area contributed by atoms with Crippen molar-refractivity contribution in [2.75, 3.05) is 54.1 Å². The standard InChI is InChI=1S/C35H34N6O3/c1-23-6-3-4-9-31(23)39-35(44)37-27-8-5-7-24(20-27)33(42)25-10-15-29-30(34(43)38-32(29)21-25)22-36-26-11-13-28(14-12-26)41-18-16-40(2)17-19-41/h3-15,20-22,30H,16-19H2,1-2H3,(H,38,43)(H2,37,39,44). The van der Waals surface area contributed by atoms with Gasteiger partial charge in [-0.15, -0.1) is 0 Å². The predicted octanol–water partition coefficient (Wildman–Crippen LogP) is 6.06. The number of aliphatic imine (C=N–C) groups is 1. The molecule has 2 heterocycles. The largest absolute Gasteiger partial charge is 0.369 e. The third-order valence-corrected chi connectivity index (χ3v) is 8.06. The summed E-state index contributed by atoms with van der Waals surface area (Å²) in [7, 11) is 2.14. The fourth-order valence-electron chi connectivity index (χ4n) is 5.45. The predicted molar refractivity (Wildman–Crippen MR) is 176 cm³/mol. The van der Waals surface area contributed by atoms with Crippen LogP contribution in [0.3, 0.4) is 0 Å². The SMILES string of the molecule is Cc1ccccc1NC(=O)Nc1cccc(C(=O)c2ccc3c(c2)NC(=O)C3C=Nc2ccc(N3CCN(C)CC3)cc2)c1. The van der Waals surface area contributed by atoms with Gasteiger partial charge in [0, 0.05) is 66.3 Å². The number of aryl methyl sites for hydroxylation is 1. The van der Waals surface area contributed by atoms with Crippen LogP contribution in [0.5, 0.6) is 0 Å². The molecule has 6 rings (SSSR count). The van der Waals surface area contributed by atoms with Crippen LogP contribution in [0.4, 0.5) is 33.2 Å². The van der Waals surface area contributed by atoms with Gasteiger partial charge >= 0.3 is 6.03 Å². The smallest absolute Gasteiger partial charge is 0.323 e. The first-order valence-corrected chi connectivity index (χ1v) is 14.6. The van der Waals surface area contributed by atoms with Gasteiger partial charge in [0.05, 0.1) is 5.69 Å². The number of nitrogens with zero attached hydrogens (tertiary/aromatic N) is 3. The summed E-state index contributed by atoms with van der Waals surface area (Å²) >= 11 is 0. The van der Waals surface area contributed by atoms with E-state index >= 15 is 0 Å². The average molecular weight is 587 g/mol. The molecule has 1 unspecified atom stereocenters. The van der Waals surface area contributed by atoms with Gasteiger partial charge in [-0.05, 0) is 73.6 Å². The molecule has 0 spiro atoms. The minimum Gasteiger partial charge on any atom is -0.369 e. The Hall–Kier alpha value is -5.28. The van der Waals surface area contributed by atoms with Gasteiger partial charge < -0.3 is 25.8 Å². The zero-order valence-corrected chi connectivity index (χ0v) is 24.7. The highest BCUT2D eigenvalue weighted by atomic mass is 16.2. The molecule has 4 aromatic carbocycles. The van der Waals surface area contributed by atoms with Crippen molar-refractivity contribution in [3.05, 3.63) is 113 Å². The van der Waals surface area contributed by atoms with Crippen molar-refractivity contribution in [2.45, 2.75) is 12.8 Å². The number of hydrogen-bond acceptors (Lipinski definition) is 6. The number of nitrogens with one attached hydrogen (secondary N) is 3. The summed E-state index contributed by atoms with van der Waals surface area (Å²) in [5.74, 6) is -0.957. The van der Waals surface area contributed by atoms with E-state index in [0.29, 0.717) is 28.2 Å². The van der Waals surface area contributed by atoms with E-state index in [0.717, 1.165) is 43.0 Å². The van der Waals surface area contributed by atoms with Crippen LogP contribution in [0, 0.1) is 6.92 Å². The molecule has 4 aromatic rings. The van der Waals surface area contributed by atoms with Gasteiger partial charge in [0.1, 0.15) is 5.92 Å². The number of likely N-dealkylation sites (N-methyl/N-ethyl adjacent to an activating group) is 1. The number of rotatable bonds is 7. The van der Waals surface area contributed by atoms with Crippen LogP contribution in [-0.4, -0.2) is 62.1 Å². The third-order valence-electron chi connectivity index (χ3n) is 8.06. The third kappa shape index (κ3) is 6.38. The second-order valence-corrected chi connectivity index (χ2v) is 11.2. The number of piperazine rings is 1. The van der Waals surface area contributed by atoms with Crippen LogP contribution >= 0.6 is 0 Å². The Morgan fingerprint density at radius 2 is 1.61 bits per heavy atom. The Bertz CT molecular complexity index is 1740. The number of amides is 3. The molecule has 0 aromatic heterocycles. The summed E-state index contributed by atoms with van der Waals surface area (Å²) in [5.41, 5.74) is 6.30. The minimum absolute atomic E-state index is 0.187. The maximum atomic E-state index is 13.4. The van der Waals surface area contributed by atoms with Gasteiger partial charge in [0.25, 0.3) is 0 Å². The van der Waals surface area contributed by atoms with Crippen LogP contribution in [0.25, 0.3) is 0 Å². The molecule has 2 aliphatic heterocycles. The molecule has 44 heavy (non-hydrogen) atoms. The van der Waals surface area contributed by atoms with Gasteiger partial charge in [-0.1, -0.05) is 42.5 Å². The van der Waals surface area contributed by atoms with E-state index in [2.05, 4.69) is 49.9 Å². The molecule has 0 aliphatic carbocycles. The zero-order chi connectivity index (χ0) is 30.6. The van der Waals surface area contributed by atoms with Crippen molar-refractivity contribution in [2.24, 2.45) is 4.99 Å². The van der Waals surface area contributed by atoms with E-state index in [1.165, 1.54) is 5.69 Å². The van der Waals surface area contributed by atoms with E-state index in [1.807, 2.05) is 43.3 Å². The molecule has 9 nitrogen and oxygen atoms in total. The molecular formula is C35H34N6O3. The second-order valence-electron chi connectivity index (χ2n) is 11.2. The Kier molecular flexibility index (Phi) is 8.21. The molecular weight excluding hydrogens is 552 g/mol. The monoisotopic (exact) mass is 586 g/mol. The number of benzene rings is 4. The first-order valence-electron chi connectivity index (χ1n) is 14.6. The Morgan fingerprint density at radius 3 is 2.39 bits per heavy atom. The molecule has 9 heteroatoms. The van der Waals surface area contributed by atoms with Gasteiger partial charge in [-0.25, -0.2) is 4.79 Å². The Balaban J connectivity index is 1.11. The minimum atomic E-state index is -0.550. The molecule has 0 bridgehead atoms. The average Bonchev–Trinajstić information content (AvgIpc) is 3.35. The number of carbonyl (C=O) groups excluding carboxylic acids is 3. The number of para-hydroxylation sites is 1. The number of urea groups is 1. The molecule has 0 saturated carbocycles. The number of ketones is 1. The molecule has 1 atom stereocenters. The summed E-state index contributed by atoms with van der Waals surface area (Å²) in [6, 6.07) is 27.1. The number of fused-ring (bicyclic) bond motifs is 1. The molecule has 0 radical (unpaired) electrons. The highest BCUT2D eigenvalue weighted by molar-refractivity contribution is 6.15. The van der Waals surface area contributed by atoms with Gasteiger partial charge in [-0.3, -0.25) is 14.6 Å². The van der Waals surface area contributed by atoms with Crippen molar-refractivity contribution in [3.63, 3.8) is 0 Å². The summed E-state index contributed by atoms with van der Waals surface area (Å²) < 4.78 is 0. The van der Waals surface area contributed by atoms with E-state index in [9.17, 15) is 14.4 Å². The highest BCUT2D eigenvalue weighted by Gasteiger charge is 2.30. The first kappa shape index (κ1) is 28.8. The number of carbonyl (C=O) groups is 3.